The minimum Gasteiger partial charge on any atom is -0.392 e. The summed E-state index contributed by atoms with van der Waals surface area (Å²) >= 11 is 0. The van der Waals surface area contributed by atoms with Crippen LogP contribution in [-0.4, -0.2) is 39.7 Å². The highest BCUT2D eigenvalue weighted by Crippen LogP contribution is 2.32. The van der Waals surface area contributed by atoms with Gasteiger partial charge in [-0.05, 0) is 32.2 Å². The first-order valence-corrected chi connectivity index (χ1v) is 6.54. The predicted molar refractivity (Wildman–Crippen MR) is 69.3 cm³/mol. The summed E-state index contributed by atoms with van der Waals surface area (Å²) in [5.74, 6) is 1.14. The molecule has 1 heterocycles. The number of aryl methyl sites for hydroxylation is 1. The fraction of sp³-hybridized carbons (Fsp3) is 0.692. The van der Waals surface area contributed by atoms with Gasteiger partial charge >= 0.3 is 0 Å². The molecule has 0 radical (unpaired) electrons. The largest absolute Gasteiger partial charge is 0.392 e. The number of aromatic nitrogens is 2. The number of aromatic amines is 1. The van der Waals surface area contributed by atoms with Crippen molar-refractivity contribution >= 4 is 0 Å². The van der Waals surface area contributed by atoms with Crippen LogP contribution in [0, 0.1) is 5.92 Å². The van der Waals surface area contributed by atoms with Crippen LogP contribution in [0.2, 0.25) is 0 Å². The lowest BCUT2D eigenvalue weighted by Gasteiger charge is -2.19. The minimum absolute atomic E-state index is 0.104. The van der Waals surface area contributed by atoms with Crippen LogP contribution >= 0.6 is 0 Å². The third-order valence-electron chi connectivity index (χ3n) is 3.29. The molecule has 2 N–H and O–H groups in total. The number of nitrogens with one attached hydrogen (secondary N) is 1. The maximum atomic E-state index is 11.4. The lowest BCUT2D eigenvalue weighted by Crippen LogP contribution is -2.31. The zero-order chi connectivity index (χ0) is 13.1. The molecule has 1 aliphatic carbocycles. The second kappa shape index (κ2) is 5.63. The van der Waals surface area contributed by atoms with E-state index < -0.39 is 0 Å². The van der Waals surface area contributed by atoms with Gasteiger partial charge in [-0.2, -0.15) is 0 Å². The molecule has 18 heavy (non-hydrogen) atoms. The number of hydrogen-bond acceptors (Lipinski definition) is 4. The summed E-state index contributed by atoms with van der Waals surface area (Å²) in [5.41, 5.74) is 0.706. The van der Waals surface area contributed by atoms with Crippen LogP contribution < -0.4 is 5.56 Å². The molecular weight excluding hydrogens is 230 g/mol. The summed E-state index contributed by atoms with van der Waals surface area (Å²) in [6, 6.07) is 1.53. The third-order valence-corrected chi connectivity index (χ3v) is 3.29. The standard InChI is InChI=1S/C13H21N3O2/c1-3-10-6-13(18)15-12(14-10)8-16(2)7-11(17)9-4-5-9/h6,9,11,17H,3-5,7-8H2,1-2H3,(H,14,15,18). The molecule has 0 amide bonds. The number of aliphatic hydroxyl groups is 1. The summed E-state index contributed by atoms with van der Waals surface area (Å²) in [7, 11) is 1.93. The number of aliphatic hydroxyl groups excluding tert-OH is 1. The zero-order valence-electron chi connectivity index (χ0n) is 11.0. The molecule has 1 aromatic heterocycles. The number of rotatable bonds is 6. The van der Waals surface area contributed by atoms with E-state index in [1.165, 1.54) is 6.07 Å². The smallest absolute Gasteiger partial charge is 0.251 e. The molecule has 100 valence electrons. The Hall–Kier alpha value is -1.20. The first kappa shape index (κ1) is 13.2. The summed E-state index contributed by atoms with van der Waals surface area (Å²) in [6.45, 7) is 3.17. The van der Waals surface area contributed by atoms with E-state index in [1.54, 1.807) is 0 Å². The van der Waals surface area contributed by atoms with Crippen LogP contribution in [0.3, 0.4) is 0 Å². The van der Waals surface area contributed by atoms with Crippen molar-refractivity contribution in [3.05, 3.63) is 27.9 Å². The Morgan fingerprint density at radius 3 is 2.94 bits per heavy atom. The second-order valence-corrected chi connectivity index (χ2v) is 5.14. The van der Waals surface area contributed by atoms with E-state index in [-0.39, 0.29) is 11.7 Å². The van der Waals surface area contributed by atoms with Gasteiger partial charge in [0.05, 0.1) is 12.6 Å². The van der Waals surface area contributed by atoms with Gasteiger partial charge in [0.2, 0.25) is 0 Å². The zero-order valence-corrected chi connectivity index (χ0v) is 11.0. The van der Waals surface area contributed by atoms with E-state index in [9.17, 15) is 9.90 Å². The Morgan fingerprint density at radius 1 is 1.61 bits per heavy atom. The molecule has 2 rings (SSSR count). The van der Waals surface area contributed by atoms with Crippen molar-refractivity contribution in [2.24, 2.45) is 5.92 Å². The normalized spacial score (nSPS) is 17.1. The van der Waals surface area contributed by atoms with Crippen molar-refractivity contribution in [2.45, 2.75) is 38.8 Å². The molecule has 1 aliphatic rings. The minimum atomic E-state index is -0.254. The lowest BCUT2D eigenvalue weighted by atomic mass is 10.2. The Kier molecular flexibility index (Phi) is 4.14. The van der Waals surface area contributed by atoms with Crippen molar-refractivity contribution in [1.82, 2.24) is 14.9 Å². The van der Waals surface area contributed by atoms with Gasteiger partial charge < -0.3 is 10.1 Å². The summed E-state index contributed by atoms with van der Waals surface area (Å²) in [6.07, 6.45) is 2.77. The van der Waals surface area contributed by atoms with Crippen LogP contribution in [-0.2, 0) is 13.0 Å². The number of hydrogen-bond donors (Lipinski definition) is 2. The average Bonchev–Trinajstić information content (AvgIpc) is 3.11. The third kappa shape index (κ3) is 3.65. The fourth-order valence-electron chi connectivity index (χ4n) is 2.09. The van der Waals surface area contributed by atoms with E-state index in [4.69, 9.17) is 0 Å². The Labute approximate surface area is 107 Å². The highest BCUT2D eigenvalue weighted by Gasteiger charge is 2.30. The van der Waals surface area contributed by atoms with E-state index in [0.29, 0.717) is 24.8 Å². The van der Waals surface area contributed by atoms with Crippen molar-refractivity contribution in [3.8, 4) is 0 Å². The molecule has 5 nitrogen and oxygen atoms in total. The maximum Gasteiger partial charge on any atom is 0.251 e. The number of likely N-dealkylation sites (N-methyl/N-ethyl adjacent to an activating group) is 1. The second-order valence-electron chi connectivity index (χ2n) is 5.14. The van der Waals surface area contributed by atoms with Crippen LogP contribution in [0.1, 0.15) is 31.3 Å². The van der Waals surface area contributed by atoms with E-state index >= 15 is 0 Å². The molecule has 0 aromatic carbocycles. The first-order chi connectivity index (χ1) is 8.58. The van der Waals surface area contributed by atoms with Gasteiger partial charge in [0.25, 0.3) is 5.56 Å². The molecule has 1 atom stereocenters. The highest BCUT2D eigenvalue weighted by atomic mass is 16.3. The van der Waals surface area contributed by atoms with Crippen molar-refractivity contribution < 1.29 is 5.11 Å². The number of nitrogens with zero attached hydrogens (tertiary/aromatic N) is 2. The van der Waals surface area contributed by atoms with Gasteiger partial charge in [0.15, 0.2) is 0 Å². The van der Waals surface area contributed by atoms with Crippen molar-refractivity contribution in [2.75, 3.05) is 13.6 Å². The Balaban J connectivity index is 1.95. The number of H-pyrrole nitrogens is 1. The van der Waals surface area contributed by atoms with Crippen molar-refractivity contribution in [3.63, 3.8) is 0 Å². The van der Waals surface area contributed by atoms with E-state index in [0.717, 1.165) is 25.0 Å². The van der Waals surface area contributed by atoms with Gasteiger partial charge in [-0.1, -0.05) is 6.92 Å². The molecule has 0 aliphatic heterocycles. The molecule has 0 saturated heterocycles. The summed E-state index contributed by atoms with van der Waals surface area (Å²) < 4.78 is 0. The van der Waals surface area contributed by atoms with Crippen LogP contribution in [0.15, 0.2) is 10.9 Å². The average molecular weight is 251 g/mol. The molecular formula is C13H21N3O2. The van der Waals surface area contributed by atoms with Gasteiger partial charge in [0, 0.05) is 18.3 Å². The SMILES string of the molecule is CCc1cc(=O)[nH]c(CN(C)CC(O)C2CC2)n1. The molecule has 0 bridgehead atoms. The monoisotopic (exact) mass is 251 g/mol. The van der Waals surface area contributed by atoms with E-state index in [1.807, 2.05) is 18.9 Å². The lowest BCUT2D eigenvalue weighted by molar-refractivity contribution is 0.103. The van der Waals surface area contributed by atoms with Gasteiger partial charge in [-0.3, -0.25) is 9.69 Å². The highest BCUT2D eigenvalue weighted by molar-refractivity contribution is 5.02. The van der Waals surface area contributed by atoms with Crippen LogP contribution in [0.5, 0.6) is 0 Å². The molecule has 0 spiro atoms. The van der Waals surface area contributed by atoms with Gasteiger partial charge in [0.1, 0.15) is 5.82 Å². The topological polar surface area (TPSA) is 69.2 Å². The fourth-order valence-corrected chi connectivity index (χ4v) is 2.09. The first-order valence-electron chi connectivity index (χ1n) is 6.54. The maximum absolute atomic E-state index is 11.4. The predicted octanol–water partition coefficient (Wildman–Crippen LogP) is 0.535. The summed E-state index contributed by atoms with van der Waals surface area (Å²) in [4.78, 5) is 20.6. The van der Waals surface area contributed by atoms with Crippen LogP contribution in [0.4, 0.5) is 0 Å². The molecule has 1 fully saturated rings. The Morgan fingerprint density at radius 2 is 2.33 bits per heavy atom. The molecule has 1 saturated carbocycles. The Bertz CT molecular complexity index is 454. The molecule has 1 unspecified atom stereocenters. The summed E-state index contributed by atoms with van der Waals surface area (Å²) in [5, 5.41) is 9.86. The molecule has 5 heteroatoms. The molecule has 1 aromatic rings. The van der Waals surface area contributed by atoms with Crippen LogP contribution in [0.25, 0.3) is 0 Å². The van der Waals surface area contributed by atoms with E-state index in [2.05, 4.69) is 9.97 Å². The quantitative estimate of drug-likeness (QED) is 0.774. The van der Waals surface area contributed by atoms with Crippen molar-refractivity contribution in [1.29, 1.82) is 0 Å². The van der Waals surface area contributed by atoms with Gasteiger partial charge in [-0.15, -0.1) is 0 Å². The van der Waals surface area contributed by atoms with Gasteiger partial charge in [-0.25, -0.2) is 4.98 Å².